The van der Waals surface area contributed by atoms with E-state index in [1.165, 1.54) is 0 Å². The lowest BCUT2D eigenvalue weighted by atomic mass is 9.90. The fraction of sp³-hybridized carbons (Fsp3) is 0.308. The van der Waals surface area contributed by atoms with Crippen LogP contribution >= 0.6 is 11.3 Å². The van der Waals surface area contributed by atoms with Crippen LogP contribution in [0.25, 0.3) is 0 Å². The molecule has 0 saturated heterocycles. The Morgan fingerprint density at radius 1 is 1.35 bits per heavy atom. The highest BCUT2D eigenvalue weighted by atomic mass is 32.1. The molecule has 0 radical (unpaired) electrons. The van der Waals surface area contributed by atoms with Crippen LogP contribution in [0.3, 0.4) is 0 Å². The lowest BCUT2D eigenvalue weighted by molar-refractivity contribution is 0.147. The molecular formula is C13H16N2OS. The van der Waals surface area contributed by atoms with Gasteiger partial charge in [-0.05, 0) is 46.5 Å². The second kappa shape index (κ2) is 5.40. The number of pyridine rings is 1. The fourth-order valence-corrected chi connectivity index (χ4v) is 2.83. The summed E-state index contributed by atoms with van der Waals surface area (Å²) in [5.74, 6) is -0.0775. The van der Waals surface area contributed by atoms with Crippen LogP contribution in [-0.2, 0) is 0 Å². The molecule has 0 bridgehead atoms. The summed E-state index contributed by atoms with van der Waals surface area (Å²) in [6.45, 7) is 2.43. The zero-order valence-corrected chi connectivity index (χ0v) is 10.5. The minimum Gasteiger partial charge on any atom is -0.388 e. The van der Waals surface area contributed by atoms with Crippen LogP contribution in [0.1, 0.15) is 28.7 Å². The molecule has 0 aliphatic carbocycles. The summed E-state index contributed by atoms with van der Waals surface area (Å²) in [6.07, 6.45) is 2.91. The summed E-state index contributed by atoms with van der Waals surface area (Å²) < 4.78 is 0. The van der Waals surface area contributed by atoms with E-state index in [0.29, 0.717) is 6.54 Å². The lowest BCUT2D eigenvalue weighted by Gasteiger charge is -2.22. The van der Waals surface area contributed by atoms with E-state index < -0.39 is 6.10 Å². The van der Waals surface area contributed by atoms with Crippen LogP contribution in [0.15, 0.2) is 35.3 Å². The van der Waals surface area contributed by atoms with Gasteiger partial charge in [-0.25, -0.2) is 0 Å². The second-order valence-corrected chi connectivity index (χ2v) is 4.82. The maximum absolute atomic E-state index is 10.4. The number of aryl methyl sites for hydroxylation is 1. The minimum absolute atomic E-state index is 0.0775. The van der Waals surface area contributed by atoms with E-state index in [0.717, 1.165) is 16.7 Å². The monoisotopic (exact) mass is 248 g/mol. The average molecular weight is 248 g/mol. The minimum atomic E-state index is -0.548. The Bertz CT molecular complexity index is 469. The van der Waals surface area contributed by atoms with E-state index >= 15 is 0 Å². The molecule has 3 N–H and O–H groups in total. The lowest BCUT2D eigenvalue weighted by Crippen LogP contribution is -2.20. The Labute approximate surface area is 105 Å². The molecule has 0 spiro atoms. The van der Waals surface area contributed by atoms with Gasteiger partial charge in [-0.15, -0.1) is 0 Å². The fourth-order valence-electron chi connectivity index (χ4n) is 1.95. The van der Waals surface area contributed by atoms with Crippen molar-refractivity contribution in [3.8, 4) is 0 Å². The molecule has 2 heterocycles. The van der Waals surface area contributed by atoms with Crippen LogP contribution in [0.5, 0.6) is 0 Å². The van der Waals surface area contributed by atoms with E-state index in [9.17, 15) is 5.11 Å². The third kappa shape index (κ3) is 2.54. The zero-order valence-electron chi connectivity index (χ0n) is 9.71. The quantitative estimate of drug-likeness (QED) is 0.872. The van der Waals surface area contributed by atoms with Gasteiger partial charge in [-0.3, -0.25) is 4.98 Å². The molecule has 90 valence electrons. The maximum Gasteiger partial charge on any atom is 0.0881 e. The predicted molar refractivity (Wildman–Crippen MR) is 70.0 cm³/mol. The number of nitrogens with zero attached hydrogens (tertiary/aromatic N) is 1. The molecule has 17 heavy (non-hydrogen) atoms. The largest absolute Gasteiger partial charge is 0.388 e. The van der Waals surface area contributed by atoms with Crippen molar-refractivity contribution in [3.05, 3.63) is 52.0 Å². The molecule has 0 aromatic carbocycles. The number of hydrogen-bond donors (Lipinski definition) is 2. The Morgan fingerprint density at radius 2 is 2.06 bits per heavy atom. The van der Waals surface area contributed by atoms with Crippen LogP contribution in [0, 0.1) is 6.92 Å². The summed E-state index contributed by atoms with van der Waals surface area (Å²) in [4.78, 5) is 3.98. The van der Waals surface area contributed by atoms with Crippen molar-refractivity contribution in [2.75, 3.05) is 6.54 Å². The van der Waals surface area contributed by atoms with E-state index in [-0.39, 0.29) is 5.92 Å². The molecule has 0 fully saturated rings. The molecule has 2 unspecified atom stereocenters. The smallest absolute Gasteiger partial charge is 0.0881 e. The topological polar surface area (TPSA) is 59.1 Å². The van der Waals surface area contributed by atoms with E-state index in [2.05, 4.69) is 4.98 Å². The van der Waals surface area contributed by atoms with Gasteiger partial charge < -0.3 is 10.8 Å². The molecule has 2 aromatic heterocycles. The van der Waals surface area contributed by atoms with Gasteiger partial charge in [0, 0.05) is 24.9 Å². The van der Waals surface area contributed by atoms with Crippen molar-refractivity contribution >= 4 is 11.3 Å². The van der Waals surface area contributed by atoms with Crippen LogP contribution in [0.2, 0.25) is 0 Å². The third-order valence-electron chi connectivity index (χ3n) is 2.98. The van der Waals surface area contributed by atoms with E-state index in [4.69, 9.17) is 5.73 Å². The number of aliphatic hydroxyl groups is 1. The summed E-state index contributed by atoms with van der Waals surface area (Å²) in [5, 5.41) is 14.4. The first-order valence-corrected chi connectivity index (χ1v) is 6.49. The molecule has 0 aliphatic heterocycles. The van der Waals surface area contributed by atoms with Gasteiger partial charge in [-0.1, -0.05) is 0 Å². The van der Waals surface area contributed by atoms with Crippen LogP contribution in [-0.4, -0.2) is 16.6 Å². The number of thiophene rings is 1. The molecule has 4 heteroatoms. The van der Waals surface area contributed by atoms with Gasteiger partial charge >= 0.3 is 0 Å². The summed E-state index contributed by atoms with van der Waals surface area (Å²) >= 11 is 1.60. The van der Waals surface area contributed by atoms with Crippen molar-refractivity contribution in [1.29, 1.82) is 0 Å². The standard InChI is InChI=1S/C13H16N2OS/c1-9-7-17-8-12(9)13(16)11(6-14)10-2-4-15-5-3-10/h2-5,7-8,11,13,16H,6,14H2,1H3. The SMILES string of the molecule is Cc1cscc1C(O)C(CN)c1ccncc1. The van der Waals surface area contributed by atoms with E-state index in [1.807, 2.05) is 29.8 Å². The highest BCUT2D eigenvalue weighted by Crippen LogP contribution is 2.33. The zero-order chi connectivity index (χ0) is 12.3. The van der Waals surface area contributed by atoms with Gasteiger partial charge in [-0.2, -0.15) is 11.3 Å². The van der Waals surface area contributed by atoms with Crippen molar-refractivity contribution < 1.29 is 5.11 Å². The summed E-state index contributed by atoms with van der Waals surface area (Å²) in [5.41, 5.74) is 8.91. The van der Waals surface area contributed by atoms with Gasteiger partial charge in [0.25, 0.3) is 0 Å². The van der Waals surface area contributed by atoms with Crippen molar-refractivity contribution in [2.24, 2.45) is 5.73 Å². The normalized spacial score (nSPS) is 14.5. The van der Waals surface area contributed by atoms with Crippen molar-refractivity contribution in [2.45, 2.75) is 18.9 Å². The van der Waals surface area contributed by atoms with Crippen LogP contribution < -0.4 is 5.73 Å². The van der Waals surface area contributed by atoms with Crippen LogP contribution in [0.4, 0.5) is 0 Å². The molecular weight excluding hydrogens is 232 g/mol. The maximum atomic E-state index is 10.4. The van der Waals surface area contributed by atoms with Gasteiger partial charge in [0.2, 0.25) is 0 Å². The number of rotatable bonds is 4. The molecule has 0 saturated carbocycles. The molecule has 0 amide bonds. The Morgan fingerprint density at radius 3 is 2.59 bits per heavy atom. The van der Waals surface area contributed by atoms with Gasteiger partial charge in [0.1, 0.15) is 0 Å². The number of aliphatic hydroxyl groups excluding tert-OH is 1. The van der Waals surface area contributed by atoms with Crippen molar-refractivity contribution in [3.63, 3.8) is 0 Å². The Balaban J connectivity index is 2.28. The molecule has 2 rings (SSSR count). The van der Waals surface area contributed by atoms with Gasteiger partial charge in [0.05, 0.1) is 6.10 Å². The van der Waals surface area contributed by atoms with Crippen molar-refractivity contribution in [1.82, 2.24) is 4.98 Å². The molecule has 2 aromatic rings. The first-order chi connectivity index (χ1) is 8.24. The average Bonchev–Trinajstić information content (AvgIpc) is 2.77. The Kier molecular flexibility index (Phi) is 3.89. The molecule has 3 nitrogen and oxygen atoms in total. The van der Waals surface area contributed by atoms with E-state index in [1.54, 1.807) is 23.7 Å². The highest BCUT2D eigenvalue weighted by molar-refractivity contribution is 7.08. The summed E-state index contributed by atoms with van der Waals surface area (Å²) in [7, 11) is 0. The van der Waals surface area contributed by atoms with Gasteiger partial charge in [0.15, 0.2) is 0 Å². The second-order valence-electron chi connectivity index (χ2n) is 4.08. The first kappa shape index (κ1) is 12.2. The Hall–Kier alpha value is -1.23. The predicted octanol–water partition coefficient (Wildman–Crippen LogP) is 2.23. The molecule has 0 aliphatic rings. The molecule has 2 atom stereocenters. The first-order valence-electron chi connectivity index (χ1n) is 5.54. The number of aromatic nitrogens is 1. The number of nitrogens with two attached hydrogens (primary N) is 1. The third-order valence-corrected chi connectivity index (χ3v) is 3.86. The summed E-state index contributed by atoms with van der Waals surface area (Å²) in [6, 6.07) is 3.81. The number of hydrogen-bond acceptors (Lipinski definition) is 4. The highest BCUT2D eigenvalue weighted by Gasteiger charge is 2.23.